The number of halogens is 1. The zero-order valence-corrected chi connectivity index (χ0v) is 12.8. The lowest BCUT2D eigenvalue weighted by molar-refractivity contribution is 0.0896. The highest BCUT2D eigenvalue weighted by Crippen LogP contribution is 2.16. The first-order valence-electron chi connectivity index (χ1n) is 6.72. The van der Waals surface area contributed by atoms with Crippen molar-refractivity contribution in [3.05, 3.63) is 33.7 Å². The first kappa shape index (κ1) is 16.7. The first-order valence-corrected chi connectivity index (χ1v) is 6.72. The Balaban J connectivity index is 0.00000200. The van der Waals surface area contributed by atoms with Crippen LogP contribution in [0.3, 0.4) is 0 Å². The van der Waals surface area contributed by atoms with Crippen LogP contribution in [-0.2, 0) is 0 Å². The van der Waals surface area contributed by atoms with Crippen molar-refractivity contribution >= 4 is 18.3 Å². The summed E-state index contributed by atoms with van der Waals surface area (Å²) in [4.78, 5) is 26.9. The molecule has 0 radical (unpaired) electrons. The Morgan fingerprint density at radius 2 is 2.10 bits per heavy atom. The van der Waals surface area contributed by atoms with Crippen molar-refractivity contribution in [3.63, 3.8) is 0 Å². The number of hydrogen-bond donors (Lipinski definition) is 3. The Kier molecular flexibility index (Phi) is 5.77. The van der Waals surface area contributed by atoms with Crippen LogP contribution in [-0.4, -0.2) is 29.5 Å². The number of nitrogens with one attached hydrogen (secondary N) is 3. The highest BCUT2D eigenvalue weighted by molar-refractivity contribution is 5.94. The molecule has 3 N–H and O–H groups in total. The molecule has 0 spiro atoms. The molecule has 5 nitrogen and oxygen atoms in total. The smallest absolute Gasteiger partial charge is 0.257 e. The summed E-state index contributed by atoms with van der Waals surface area (Å²) in [6.07, 6.45) is 2.51. The van der Waals surface area contributed by atoms with Gasteiger partial charge in [0, 0.05) is 30.0 Å². The number of aryl methyl sites for hydroxylation is 1. The molecule has 3 atom stereocenters. The second kappa shape index (κ2) is 6.90. The Hall–Kier alpha value is -1.33. The van der Waals surface area contributed by atoms with Gasteiger partial charge in [0.05, 0.1) is 0 Å². The zero-order valence-electron chi connectivity index (χ0n) is 12.0. The van der Waals surface area contributed by atoms with Crippen molar-refractivity contribution in [1.29, 1.82) is 0 Å². The molecule has 3 unspecified atom stereocenters. The molecule has 0 saturated carbocycles. The summed E-state index contributed by atoms with van der Waals surface area (Å²) in [6, 6.07) is 1.72. The van der Waals surface area contributed by atoms with Crippen molar-refractivity contribution in [3.8, 4) is 0 Å². The van der Waals surface area contributed by atoms with E-state index in [0.717, 1.165) is 18.7 Å². The van der Waals surface area contributed by atoms with E-state index in [1.165, 1.54) is 12.3 Å². The molecule has 1 aromatic heterocycles. The summed E-state index contributed by atoms with van der Waals surface area (Å²) in [5.74, 6) is 0.110. The maximum Gasteiger partial charge on any atom is 0.257 e. The van der Waals surface area contributed by atoms with Crippen molar-refractivity contribution in [2.45, 2.75) is 39.3 Å². The lowest BCUT2D eigenvalue weighted by Gasteiger charge is -2.35. The van der Waals surface area contributed by atoms with Gasteiger partial charge in [0.15, 0.2) is 5.43 Å². The van der Waals surface area contributed by atoms with Crippen LogP contribution in [0.2, 0.25) is 0 Å². The molecule has 1 amide bonds. The van der Waals surface area contributed by atoms with E-state index in [2.05, 4.69) is 29.5 Å². The number of rotatable bonds is 2. The SMILES string of the molecule is Cc1cc(=O)c(C(=O)NC2C(C)CCNC2C)c[nH]1.Cl. The zero-order chi connectivity index (χ0) is 14.0. The maximum atomic E-state index is 12.2. The van der Waals surface area contributed by atoms with E-state index in [9.17, 15) is 9.59 Å². The van der Waals surface area contributed by atoms with E-state index in [4.69, 9.17) is 0 Å². The summed E-state index contributed by atoms with van der Waals surface area (Å²) >= 11 is 0. The van der Waals surface area contributed by atoms with Gasteiger partial charge in [0.25, 0.3) is 5.91 Å². The van der Waals surface area contributed by atoms with E-state index in [0.29, 0.717) is 5.92 Å². The van der Waals surface area contributed by atoms with Crippen molar-refractivity contribution in [1.82, 2.24) is 15.6 Å². The molecule has 20 heavy (non-hydrogen) atoms. The fraction of sp³-hybridized carbons (Fsp3) is 0.571. The van der Waals surface area contributed by atoms with Crippen LogP contribution in [0.25, 0.3) is 0 Å². The Bertz CT molecular complexity index is 519. The summed E-state index contributed by atoms with van der Waals surface area (Å²) < 4.78 is 0. The van der Waals surface area contributed by atoms with Crippen LogP contribution >= 0.6 is 12.4 Å². The van der Waals surface area contributed by atoms with E-state index in [1.54, 1.807) is 6.92 Å². The minimum Gasteiger partial charge on any atom is -0.364 e. The van der Waals surface area contributed by atoms with Gasteiger partial charge < -0.3 is 15.6 Å². The molecule has 1 fully saturated rings. The highest BCUT2D eigenvalue weighted by atomic mass is 35.5. The van der Waals surface area contributed by atoms with Crippen LogP contribution in [0.4, 0.5) is 0 Å². The second-order valence-electron chi connectivity index (χ2n) is 5.40. The van der Waals surface area contributed by atoms with Gasteiger partial charge in [-0.1, -0.05) is 6.92 Å². The molecule has 2 rings (SSSR count). The fourth-order valence-electron chi connectivity index (χ4n) is 2.59. The fourth-order valence-corrected chi connectivity index (χ4v) is 2.59. The average molecular weight is 300 g/mol. The van der Waals surface area contributed by atoms with Crippen molar-refractivity contribution < 1.29 is 4.79 Å². The van der Waals surface area contributed by atoms with Crippen LogP contribution < -0.4 is 16.1 Å². The molecule has 112 valence electrons. The van der Waals surface area contributed by atoms with Crippen LogP contribution in [0.5, 0.6) is 0 Å². The Morgan fingerprint density at radius 3 is 2.70 bits per heavy atom. The molecule has 0 bridgehead atoms. The number of carbonyl (C=O) groups is 1. The summed E-state index contributed by atoms with van der Waals surface area (Å²) in [5.41, 5.74) is 0.691. The number of H-pyrrole nitrogens is 1. The predicted octanol–water partition coefficient (Wildman–Crippen LogP) is 1.22. The van der Waals surface area contributed by atoms with Crippen molar-refractivity contribution in [2.24, 2.45) is 5.92 Å². The topological polar surface area (TPSA) is 74.0 Å². The van der Waals surface area contributed by atoms with Crippen LogP contribution in [0.15, 0.2) is 17.1 Å². The Morgan fingerprint density at radius 1 is 1.40 bits per heavy atom. The monoisotopic (exact) mass is 299 g/mol. The third-order valence-electron chi connectivity index (χ3n) is 3.82. The molecule has 1 aromatic rings. The number of amides is 1. The predicted molar refractivity (Wildman–Crippen MR) is 81.5 cm³/mol. The van der Waals surface area contributed by atoms with E-state index >= 15 is 0 Å². The molecule has 1 saturated heterocycles. The largest absolute Gasteiger partial charge is 0.364 e. The number of piperidine rings is 1. The standard InChI is InChI=1S/C14H21N3O2.ClH/c1-8-4-5-15-10(3)13(8)17-14(19)11-7-16-9(2)6-12(11)18;/h6-8,10,13,15H,4-5H2,1-3H3,(H,16,18)(H,17,19);1H. The highest BCUT2D eigenvalue weighted by Gasteiger charge is 2.29. The van der Waals surface area contributed by atoms with Crippen LogP contribution in [0, 0.1) is 12.8 Å². The molecule has 0 aliphatic carbocycles. The van der Waals surface area contributed by atoms with Gasteiger partial charge in [-0.3, -0.25) is 9.59 Å². The lowest BCUT2D eigenvalue weighted by atomic mass is 9.89. The Labute approximate surface area is 125 Å². The van der Waals surface area contributed by atoms with Gasteiger partial charge >= 0.3 is 0 Å². The van der Waals surface area contributed by atoms with Crippen LogP contribution in [0.1, 0.15) is 36.3 Å². The molecule has 6 heteroatoms. The van der Waals surface area contributed by atoms with Gasteiger partial charge in [-0.15, -0.1) is 12.4 Å². The van der Waals surface area contributed by atoms with Gasteiger partial charge in [-0.05, 0) is 32.7 Å². The van der Waals surface area contributed by atoms with Crippen molar-refractivity contribution in [2.75, 3.05) is 6.54 Å². The number of hydrogen-bond acceptors (Lipinski definition) is 3. The van der Waals surface area contributed by atoms with Gasteiger partial charge in [-0.25, -0.2) is 0 Å². The number of carbonyl (C=O) groups excluding carboxylic acids is 1. The molecule has 2 heterocycles. The maximum absolute atomic E-state index is 12.2. The normalized spacial score (nSPS) is 25.6. The first-order chi connectivity index (χ1) is 8.99. The third kappa shape index (κ3) is 3.61. The van der Waals surface area contributed by atoms with E-state index in [1.807, 2.05) is 0 Å². The summed E-state index contributed by atoms with van der Waals surface area (Å²) in [6.45, 7) is 6.94. The number of aromatic amines is 1. The quantitative estimate of drug-likeness (QED) is 0.769. The van der Waals surface area contributed by atoms with Gasteiger partial charge in [-0.2, -0.15) is 0 Å². The van der Waals surface area contributed by atoms with E-state index in [-0.39, 0.29) is 41.4 Å². The molecule has 1 aliphatic rings. The molecule has 1 aliphatic heterocycles. The minimum atomic E-state index is -0.298. The molecular weight excluding hydrogens is 278 g/mol. The lowest BCUT2D eigenvalue weighted by Crippen LogP contribution is -2.56. The minimum absolute atomic E-state index is 0. The number of pyridine rings is 1. The second-order valence-corrected chi connectivity index (χ2v) is 5.40. The third-order valence-corrected chi connectivity index (χ3v) is 3.82. The molecular formula is C14H22ClN3O2. The summed E-state index contributed by atoms with van der Waals surface area (Å²) in [7, 11) is 0. The average Bonchev–Trinajstić information content (AvgIpc) is 2.33. The van der Waals surface area contributed by atoms with Gasteiger partial charge in [0.2, 0.25) is 0 Å². The van der Waals surface area contributed by atoms with Gasteiger partial charge in [0.1, 0.15) is 5.56 Å². The number of aromatic nitrogens is 1. The van der Waals surface area contributed by atoms with E-state index < -0.39 is 0 Å². The summed E-state index contributed by atoms with van der Waals surface area (Å²) in [5, 5.41) is 6.32. The molecule has 0 aromatic carbocycles.